The molecule has 0 unspecified atom stereocenters. The zero-order valence-electron chi connectivity index (χ0n) is 27.3. The minimum absolute atomic E-state index is 0.580. The predicted octanol–water partition coefficient (Wildman–Crippen LogP) is 13.5. The second kappa shape index (κ2) is 18.1. The summed E-state index contributed by atoms with van der Waals surface area (Å²) in [5.41, 5.74) is 10.9. The van der Waals surface area contributed by atoms with E-state index in [1.54, 1.807) is 0 Å². The number of benzene rings is 4. The van der Waals surface area contributed by atoms with E-state index >= 15 is 0 Å². The molecule has 0 aliphatic heterocycles. The Hall–Kier alpha value is -2.22. The summed E-state index contributed by atoms with van der Waals surface area (Å²) in [4.78, 5) is 0. The first kappa shape index (κ1) is 36.3. The third-order valence-electron chi connectivity index (χ3n) is 7.70. The molecule has 0 saturated heterocycles. The molecule has 6 aromatic carbocycles. The van der Waals surface area contributed by atoms with Crippen molar-refractivity contribution < 1.29 is 20.8 Å². The first-order valence-corrected chi connectivity index (χ1v) is 23.5. The van der Waals surface area contributed by atoms with Crippen molar-refractivity contribution in [2.24, 2.45) is 0 Å². The van der Waals surface area contributed by atoms with E-state index in [-0.39, 0.29) is 0 Å². The van der Waals surface area contributed by atoms with Crippen molar-refractivity contribution in [1.29, 1.82) is 0 Å². The van der Waals surface area contributed by atoms with Crippen molar-refractivity contribution in [1.82, 2.24) is 0 Å². The second-order valence-electron chi connectivity index (χ2n) is 11.7. The molecule has 4 heteroatoms. The molecule has 0 amide bonds. The Morgan fingerprint density at radius 1 is 0.568 bits per heavy atom. The van der Waals surface area contributed by atoms with Crippen LogP contribution in [-0.2, 0) is 20.8 Å². The van der Waals surface area contributed by atoms with Crippen molar-refractivity contribution >= 4 is 48.1 Å². The molecule has 0 N–H and O–H groups in total. The molecule has 6 rings (SSSR count). The van der Waals surface area contributed by atoms with Crippen LogP contribution in [0.2, 0.25) is 13.1 Å². The van der Waals surface area contributed by atoms with E-state index in [2.05, 4.69) is 164 Å². The van der Waals surface area contributed by atoms with Crippen LogP contribution in [0.5, 0.6) is 0 Å². The van der Waals surface area contributed by atoms with Crippen LogP contribution in [0.4, 0.5) is 0 Å². The normalized spacial score (nSPS) is 10.5. The van der Waals surface area contributed by atoms with E-state index in [4.69, 9.17) is 17.0 Å². The molecule has 0 heterocycles. The molecule has 0 nitrogen and oxygen atoms in total. The fourth-order valence-electron chi connectivity index (χ4n) is 5.47. The molecule has 2 radical (unpaired) electrons. The fourth-order valence-corrected chi connectivity index (χ4v) is 5.47. The summed E-state index contributed by atoms with van der Waals surface area (Å²) in [5.74, 6) is 1.16. The summed E-state index contributed by atoms with van der Waals surface area (Å²) >= 11 is -0.826. The van der Waals surface area contributed by atoms with Gasteiger partial charge in [-0.3, -0.25) is 0 Å². The molecule has 0 bridgehead atoms. The van der Waals surface area contributed by atoms with Crippen LogP contribution >= 0.6 is 17.0 Å². The van der Waals surface area contributed by atoms with Gasteiger partial charge in [0.15, 0.2) is 0 Å². The van der Waals surface area contributed by atoms with Crippen molar-refractivity contribution in [3.63, 3.8) is 0 Å². The average Bonchev–Trinajstić information content (AvgIpc) is 3.64. The molecule has 44 heavy (non-hydrogen) atoms. The van der Waals surface area contributed by atoms with Crippen LogP contribution in [0, 0.1) is 13.8 Å². The van der Waals surface area contributed by atoms with E-state index in [0.29, 0.717) is 11.8 Å². The van der Waals surface area contributed by atoms with Crippen molar-refractivity contribution in [3.05, 3.63) is 131 Å². The minimum atomic E-state index is -0.826. The van der Waals surface area contributed by atoms with Gasteiger partial charge in [0, 0.05) is 9.52 Å². The summed E-state index contributed by atoms with van der Waals surface area (Å²) in [5, 5.41) is 5.48. The fraction of sp³-hybridized carbons (Fsp3) is 0.250. The van der Waals surface area contributed by atoms with Crippen LogP contribution in [0.25, 0.3) is 43.8 Å². The zero-order chi connectivity index (χ0) is 32.2. The summed E-state index contributed by atoms with van der Waals surface area (Å²) < 4.78 is 0. The molecule has 6 aromatic rings. The Morgan fingerprint density at radius 3 is 1.18 bits per heavy atom. The van der Waals surface area contributed by atoms with Crippen LogP contribution in [0.3, 0.4) is 0 Å². The summed E-state index contributed by atoms with van der Waals surface area (Å²) in [7, 11) is 11.0. The third-order valence-corrected chi connectivity index (χ3v) is 7.70. The Bertz CT molecular complexity index is 1580. The van der Waals surface area contributed by atoms with Gasteiger partial charge < -0.3 is 0 Å². The SMILES string of the molecule is C[Si]C.Cc1ccc2[cH-]c(C(C)C)cc2c1-c1ccccc1.Cc1ccc2[cH-]c(C(C)C)cc2c1-c1ccccc1.[Cl][Zr+2][Cl]. The second-order valence-corrected chi connectivity index (χ2v) is 16.4. The first-order valence-electron chi connectivity index (χ1n) is 15.2. The van der Waals surface area contributed by atoms with Crippen LogP contribution in [0.1, 0.15) is 61.8 Å². The van der Waals surface area contributed by atoms with Crippen molar-refractivity contribution in [2.45, 2.75) is 66.5 Å². The number of halogens is 2. The van der Waals surface area contributed by atoms with Gasteiger partial charge in [-0.15, -0.1) is 69.1 Å². The standard InChI is InChI=1S/2C19H19.C2H6Si.2ClH.Zr/c2*1-13(2)17-11-16-10-9-14(3)19(18(16)12-17)15-7-5-4-6-8-15;1-3-2;;;/h2*4-13H,1-3H3;1-2H3;2*1H;/q2*-1;;;;+4/p-2. The number of fused-ring (bicyclic) bond motifs is 2. The molecule has 226 valence electrons. The number of hydrogen-bond donors (Lipinski definition) is 0. The van der Waals surface area contributed by atoms with Gasteiger partial charge in [0.05, 0.1) is 0 Å². The van der Waals surface area contributed by atoms with Gasteiger partial charge in [-0.1, -0.05) is 124 Å². The van der Waals surface area contributed by atoms with Gasteiger partial charge >= 0.3 is 37.9 Å². The Kier molecular flexibility index (Phi) is 14.9. The van der Waals surface area contributed by atoms with Gasteiger partial charge in [-0.25, -0.2) is 0 Å². The Balaban J connectivity index is 0.000000204. The van der Waals surface area contributed by atoms with Gasteiger partial charge in [-0.05, 0) is 36.8 Å². The molecule has 0 atom stereocenters. The van der Waals surface area contributed by atoms with Crippen LogP contribution < -0.4 is 0 Å². The van der Waals surface area contributed by atoms with Crippen LogP contribution in [-0.4, -0.2) is 9.52 Å². The molecule has 0 aromatic heterocycles. The molecule has 0 aliphatic rings. The van der Waals surface area contributed by atoms with Gasteiger partial charge in [-0.2, -0.15) is 12.1 Å². The number of rotatable bonds is 4. The van der Waals surface area contributed by atoms with Gasteiger partial charge in [0.2, 0.25) is 0 Å². The van der Waals surface area contributed by atoms with E-state index in [9.17, 15) is 0 Å². The number of hydrogen-bond acceptors (Lipinski definition) is 0. The van der Waals surface area contributed by atoms with Crippen LogP contribution in [0.15, 0.2) is 109 Å². The Labute approximate surface area is 287 Å². The van der Waals surface area contributed by atoms with E-state index < -0.39 is 20.8 Å². The monoisotopic (exact) mass is 712 g/mol. The molecular formula is C40H44Cl2SiZr. The topological polar surface area (TPSA) is 0 Å². The first-order chi connectivity index (χ1) is 21.2. The van der Waals surface area contributed by atoms with E-state index in [1.807, 2.05) is 0 Å². The van der Waals surface area contributed by atoms with Crippen molar-refractivity contribution in [2.75, 3.05) is 0 Å². The zero-order valence-corrected chi connectivity index (χ0v) is 32.3. The van der Waals surface area contributed by atoms with E-state index in [0.717, 1.165) is 9.52 Å². The molecule has 0 spiro atoms. The van der Waals surface area contributed by atoms with Gasteiger partial charge in [0.25, 0.3) is 0 Å². The quantitative estimate of drug-likeness (QED) is 0.126. The predicted molar refractivity (Wildman–Crippen MR) is 197 cm³/mol. The maximum atomic E-state index is 4.93. The Morgan fingerprint density at radius 2 is 0.886 bits per heavy atom. The van der Waals surface area contributed by atoms with Gasteiger partial charge in [0.1, 0.15) is 0 Å². The molecular weight excluding hydrogens is 671 g/mol. The maximum absolute atomic E-state index is 4.93. The third kappa shape index (κ3) is 9.40. The molecule has 0 fully saturated rings. The average molecular weight is 715 g/mol. The number of aryl methyl sites for hydroxylation is 2. The van der Waals surface area contributed by atoms with E-state index in [1.165, 1.54) is 66.1 Å². The molecule has 0 aliphatic carbocycles. The summed E-state index contributed by atoms with van der Waals surface area (Å²) in [6, 6.07) is 39.7. The summed E-state index contributed by atoms with van der Waals surface area (Å²) in [6.45, 7) is 17.7. The summed E-state index contributed by atoms with van der Waals surface area (Å²) in [6.07, 6.45) is 0. The van der Waals surface area contributed by atoms with Crippen molar-refractivity contribution in [3.8, 4) is 22.3 Å². The molecule has 0 saturated carbocycles.